The van der Waals surface area contributed by atoms with Crippen LogP contribution in [0, 0.1) is 11.8 Å². The molecule has 0 fully saturated rings. The SMILES string of the molecule is CC(C)(C)OC(=O)Nc1ccc(-c2cccc(C#Cc3cccc(Cl)c3)c2)[nH]1. The van der Waals surface area contributed by atoms with Crippen LogP contribution in [0.15, 0.2) is 60.7 Å². The van der Waals surface area contributed by atoms with Crippen LogP contribution in [0.2, 0.25) is 5.02 Å². The number of ether oxygens (including phenoxy) is 1. The molecular formula is C23H21ClN2O2. The highest BCUT2D eigenvalue weighted by molar-refractivity contribution is 6.30. The van der Waals surface area contributed by atoms with E-state index in [4.69, 9.17) is 16.3 Å². The molecule has 1 amide bonds. The summed E-state index contributed by atoms with van der Waals surface area (Å²) < 4.78 is 5.26. The first kappa shape index (κ1) is 19.6. The van der Waals surface area contributed by atoms with Gasteiger partial charge in [0.15, 0.2) is 0 Å². The van der Waals surface area contributed by atoms with Gasteiger partial charge in [-0.05, 0) is 68.8 Å². The molecule has 0 aliphatic heterocycles. The summed E-state index contributed by atoms with van der Waals surface area (Å²) in [6.07, 6.45) is -0.498. The van der Waals surface area contributed by atoms with Gasteiger partial charge in [-0.15, -0.1) is 0 Å². The average molecular weight is 393 g/mol. The molecule has 0 bridgehead atoms. The Morgan fingerprint density at radius 3 is 2.36 bits per heavy atom. The molecule has 0 atom stereocenters. The lowest BCUT2D eigenvalue weighted by Crippen LogP contribution is -2.27. The number of benzene rings is 2. The molecule has 5 heteroatoms. The quantitative estimate of drug-likeness (QED) is 0.519. The standard InChI is InChI=1S/C23H21ClN2O2/c1-23(2,3)28-22(27)26-21-13-12-20(25-21)18-8-4-6-16(14-18)10-11-17-7-5-9-19(24)15-17/h4-9,12-15,25H,1-3H3,(H,26,27). The summed E-state index contributed by atoms with van der Waals surface area (Å²) in [5, 5.41) is 3.36. The summed E-state index contributed by atoms with van der Waals surface area (Å²) in [6.45, 7) is 5.47. The predicted molar refractivity (Wildman–Crippen MR) is 114 cm³/mol. The first-order valence-electron chi connectivity index (χ1n) is 8.85. The van der Waals surface area contributed by atoms with E-state index in [9.17, 15) is 4.79 Å². The molecule has 142 valence electrons. The third kappa shape index (κ3) is 5.67. The molecule has 1 aromatic heterocycles. The van der Waals surface area contributed by atoms with Crippen LogP contribution in [0.5, 0.6) is 0 Å². The number of carbonyl (C=O) groups excluding carboxylic acids is 1. The third-order valence-corrected chi connectivity index (χ3v) is 3.91. The van der Waals surface area contributed by atoms with Gasteiger partial charge in [0.1, 0.15) is 11.4 Å². The Morgan fingerprint density at radius 2 is 1.68 bits per heavy atom. The molecule has 4 nitrogen and oxygen atoms in total. The molecule has 0 saturated carbocycles. The first-order chi connectivity index (χ1) is 13.3. The minimum atomic E-state index is -0.546. The molecular weight excluding hydrogens is 372 g/mol. The van der Waals surface area contributed by atoms with Gasteiger partial charge < -0.3 is 9.72 Å². The number of aromatic amines is 1. The topological polar surface area (TPSA) is 54.1 Å². The van der Waals surface area contributed by atoms with E-state index in [-0.39, 0.29) is 0 Å². The second-order valence-corrected chi connectivity index (χ2v) is 7.69. The molecule has 0 saturated heterocycles. The summed E-state index contributed by atoms with van der Waals surface area (Å²) in [4.78, 5) is 15.1. The number of hydrogen-bond donors (Lipinski definition) is 2. The van der Waals surface area contributed by atoms with Gasteiger partial charge >= 0.3 is 6.09 Å². The fourth-order valence-electron chi connectivity index (χ4n) is 2.53. The number of halogens is 1. The first-order valence-corrected chi connectivity index (χ1v) is 9.23. The summed E-state index contributed by atoms with van der Waals surface area (Å²) in [6, 6.07) is 19.0. The maximum absolute atomic E-state index is 11.9. The molecule has 0 unspecified atom stereocenters. The number of carbonyl (C=O) groups is 1. The van der Waals surface area contributed by atoms with Crippen LogP contribution in [-0.2, 0) is 4.74 Å². The number of aromatic nitrogens is 1. The number of amides is 1. The van der Waals surface area contributed by atoms with Crippen molar-refractivity contribution in [3.05, 3.63) is 76.8 Å². The Morgan fingerprint density at radius 1 is 1.00 bits per heavy atom. The second kappa shape index (κ2) is 8.24. The van der Waals surface area contributed by atoms with E-state index in [0.717, 1.165) is 22.4 Å². The zero-order chi connectivity index (χ0) is 20.1. The number of rotatable bonds is 2. The number of H-pyrrole nitrogens is 1. The largest absolute Gasteiger partial charge is 0.444 e. The van der Waals surface area contributed by atoms with Crippen LogP contribution in [0.1, 0.15) is 31.9 Å². The van der Waals surface area contributed by atoms with Crippen LogP contribution in [0.4, 0.5) is 10.6 Å². The van der Waals surface area contributed by atoms with Gasteiger partial charge in [-0.25, -0.2) is 4.79 Å². The van der Waals surface area contributed by atoms with Gasteiger partial charge in [-0.1, -0.05) is 41.6 Å². The van der Waals surface area contributed by atoms with E-state index >= 15 is 0 Å². The lowest BCUT2D eigenvalue weighted by molar-refractivity contribution is 0.0635. The monoisotopic (exact) mass is 392 g/mol. The van der Waals surface area contributed by atoms with Crippen molar-refractivity contribution in [3.63, 3.8) is 0 Å². The van der Waals surface area contributed by atoms with Crippen molar-refractivity contribution in [2.24, 2.45) is 0 Å². The maximum atomic E-state index is 11.9. The van der Waals surface area contributed by atoms with Gasteiger partial charge in [-0.2, -0.15) is 0 Å². The van der Waals surface area contributed by atoms with Crippen molar-refractivity contribution < 1.29 is 9.53 Å². The molecule has 1 heterocycles. The van der Waals surface area contributed by atoms with Crippen LogP contribution in [0.3, 0.4) is 0 Å². The lowest BCUT2D eigenvalue weighted by atomic mass is 10.1. The van der Waals surface area contributed by atoms with Gasteiger partial charge in [0.25, 0.3) is 0 Å². The molecule has 0 aliphatic rings. The molecule has 0 spiro atoms. The highest BCUT2D eigenvalue weighted by atomic mass is 35.5. The molecule has 0 radical (unpaired) electrons. The summed E-state index contributed by atoms with van der Waals surface area (Å²) in [5.41, 5.74) is 3.04. The highest BCUT2D eigenvalue weighted by Crippen LogP contribution is 2.22. The molecule has 3 rings (SSSR count). The van der Waals surface area contributed by atoms with Crippen molar-refractivity contribution in [2.45, 2.75) is 26.4 Å². The predicted octanol–water partition coefficient (Wildman–Crippen LogP) is 6.08. The summed E-state index contributed by atoms with van der Waals surface area (Å²) in [5.74, 6) is 6.84. The normalized spacial score (nSPS) is 10.7. The van der Waals surface area contributed by atoms with Crippen LogP contribution in [-0.4, -0.2) is 16.7 Å². The third-order valence-electron chi connectivity index (χ3n) is 3.67. The fraction of sp³-hybridized carbons (Fsp3) is 0.174. The van der Waals surface area contributed by atoms with Gasteiger partial charge in [0.2, 0.25) is 0 Å². The Kier molecular flexibility index (Phi) is 5.77. The Balaban J connectivity index is 1.74. The smallest absolute Gasteiger partial charge is 0.413 e. The molecule has 0 aliphatic carbocycles. The van der Waals surface area contributed by atoms with Gasteiger partial charge in [0.05, 0.1) is 0 Å². The van der Waals surface area contributed by atoms with E-state index in [1.807, 2.05) is 75.4 Å². The van der Waals surface area contributed by atoms with Crippen molar-refractivity contribution in [3.8, 4) is 23.1 Å². The average Bonchev–Trinajstić information content (AvgIpc) is 3.07. The number of nitrogens with one attached hydrogen (secondary N) is 2. The Bertz CT molecular complexity index is 1050. The lowest BCUT2D eigenvalue weighted by Gasteiger charge is -2.19. The van der Waals surface area contributed by atoms with Gasteiger partial charge in [0, 0.05) is 21.8 Å². The van der Waals surface area contributed by atoms with E-state index < -0.39 is 11.7 Å². The highest BCUT2D eigenvalue weighted by Gasteiger charge is 2.16. The second-order valence-electron chi connectivity index (χ2n) is 7.25. The zero-order valence-corrected chi connectivity index (χ0v) is 16.7. The van der Waals surface area contributed by atoms with Crippen LogP contribution < -0.4 is 5.32 Å². The van der Waals surface area contributed by atoms with Crippen molar-refractivity contribution in [1.29, 1.82) is 0 Å². The minimum absolute atomic E-state index is 0.498. The minimum Gasteiger partial charge on any atom is -0.444 e. The zero-order valence-electron chi connectivity index (χ0n) is 16.0. The number of anilines is 1. The summed E-state index contributed by atoms with van der Waals surface area (Å²) >= 11 is 5.99. The van der Waals surface area contributed by atoms with Crippen molar-refractivity contribution in [2.75, 3.05) is 5.32 Å². The summed E-state index contributed by atoms with van der Waals surface area (Å²) in [7, 11) is 0. The van der Waals surface area contributed by atoms with Crippen molar-refractivity contribution in [1.82, 2.24) is 4.98 Å². The molecule has 28 heavy (non-hydrogen) atoms. The van der Waals surface area contributed by atoms with Crippen LogP contribution >= 0.6 is 11.6 Å². The molecule has 2 aromatic carbocycles. The number of hydrogen-bond acceptors (Lipinski definition) is 2. The maximum Gasteiger partial charge on any atom is 0.413 e. The Hall–Kier alpha value is -3.16. The van der Waals surface area contributed by atoms with Gasteiger partial charge in [-0.3, -0.25) is 5.32 Å². The van der Waals surface area contributed by atoms with E-state index in [2.05, 4.69) is 22.1 Å². The van der Waals surface area contributed by atoms with Crippen molar-refractivity contribution >= 4 is 23.5 Å². The van der Waals surface area contributed by atoms with E-state index in [0.29, 0.717) is 10.8 Å². The Labute approximate surface area is 169 Å². The fourth-order valence-corrected chi connectivity index (χ4v) is 2.72. The van der Waals surface area contributed by atoms with E-state index in [1.165, 1.54) is 0 Å². The molecule has 2 N–H and O–H groups in total. The molecule has 3 aromatic rings. The van der Waals surface area contributed by atoms with E-state index in [1.54, 1.807) is 6.07 Å². The van der Waals surface area contributed by atoms with Crippen LogP contribution in [0.25, 0.3) is 11.3 Å².